The molecule has 0 aliphatic carbocycles. The minimum absolute atomic E-state index is 0.0654. The van der Waals surface area contributed by atoms with Gasteiger partial charge in [0.05, 0.1) is 4.92 Å². The van der Waals surface area contributed by atoms with Crippen LogP contribution in [0.15, 0.2) is 24.3 Å². The van der Waals surface area contributed by atoms with Crippen LogP contribution in [0.5, 0.6) is 0 Å². The highest BCUT2D eigenvalue weighted by Gasteiger charge is 2.17. The Morgan fingerprint density at radius 3 is 3.00 bits per heavy atom. The SMILES string of the molecule is O=C(N[C@@H]1CCCNC1)c1cccc([N+](=O)[O-])c1. The molecule has 1 aromatic carbocycles. The van der Waals surface area contributed by atoms with Gasteiger partial charge in [0, 0.05) is 30.3 Å². The average molecular weight is 249 g/mol. The summed E-state index contributed by atoms with van der Waals surface area (Å²) in [6, 6.07) is 5.88. The number of nitro groups is 1. The van der Waals surface area contributed by atoms with Gasteiger partial charge < -0.3 is 10.6 Å². The van der Waals surface area contributed by atoms with Crippen molar-refractivity contribution >= 4 is 11.6 Å². The second kappa shape index (κ2) is 5.59. The molecule has 0 unspecified atom stereocenters. The third-order valence-electron chi connectivity index (χ3n) is 2.95. The number of carbonyl (C=O) groups is 1. The maximum absolute atomic E-state index is 11.9. The molecule has 0 bridgehead atoms. The number of hydrogen-bond donors (Lipinski definition) is 2. The summed E-state index contributed by atoms with van der Waals surface area (Å²) in [7, 11) is 0. The molecule has 1 aliphatic heterocycles. The van der Waals surface area contributed by atoms with Crippen LogP contribution in [0, 0.1) is 10.1 Å². The number of hydrogen-bond acceptors (Lipinski definition) is 4. The third kappa shape index (κ3) is 3.04. The van der Waals surface area contributed by atoms with Gasteiger partial charge in [0.2, 0.25) is 0 Å². The van der Waals surface area contributed by atoms with E-state index in [0.717, 1.165) is 25.9 Å². The zero-order valence-corrected chi connectivity index (χ0v) is 9.89. The lowest BCUT2D eigenvalue weighted by molar-refractivity contribution is -0.384. The molecule has 6 heteroatoms. The van der Waals surface area contributed by atoms with Crippen LogP contribution in [0.25, 0.3) is 0 Å². The Kier molecular flexibility index (Phi) is 3.88. The maximum atomic E-state index is 11.9. The van der Waals surface area contributed by atoms with Gasteiger partial charge in [-0.2, -0.15) is 0 Å². The molecule has 0 radical (unpaired) electrons. The zero-order valence-electron chi connectivity index (χ0n) is 9.89. The molecule has 6 nitrogen and oxygen atoms in total. The molecule has 0 saturated carbocycles. The number of piperidine rings is 1. The Balaban J connectivity index is 2.03. The van der Waals surface area contributed by atoms with Crippen molar-refractivity contribution in [2.45, 2.75) is 18.9 Å². The summed E-state index contributed by atoms with van der Waals surface area (Å²) in [4.78, 5) is 22.1. The molecular weight excluding hydrogens is 234 g/mol. The van der Waals surface area contributed by atoms with Gasteiger partial charge in [0.25, 0.3) is 11.6 Å². The van der Waals surface area contributed by atoms with Crippen LogP contribution in [0.2, 0.25) is 0 Å². The summed E-state index contributed by atoms with van der Waals surface area (Å²) in [5.74, 6) is -0.257. The largest absolute Gasteiger partial charge is 0.348 e. The summed E-state index contributed by atoms with van der Waals surface area (Å²) in [5.41, 5.74) is 0.263. The van der Waals surface area contributed by atoms with Gasteiger partial charge in [-0.25, -0.2) is 0 Å². The van der Waals surface area contributed by atoms with Crippen molar-refractivity contribution in [3.05, 3.63) is 39.9 Å². The molecule has 2 N–H and O–H groups in total. The van der Waals surface area contributed by atoms with Crippen molar-refractivity contribution in [2.75, 3.05) is 13.1 Å². The van der Waals surface area contributed by atoms with Gasteiger partial charge in [-0.05, 0) is 25.5 Å². The number of benzene rings is 1. The van der Waals surface area contributed by atoms with Gasteiger partial charge in [-0.3, -0.25) is 14.9 Å². The first-order valence-corrected chi connectivity index (χ1v) is 5.93. The van der Waals surface area contributed by atoms with Crippen LogP contribution < -0.4 is 10.6 Å². The Morgan fingerprint density at radius 1 is 1.50 bits per heavy atom. The fourth-order valence-corrected chi connectivity index (χ4v) is 2.00. The van der Waals surface area contributed by atoms with Gasteiger partial charge in [0.1, 0.15) is 0 Å². The predicted molar refractivity (Wildman–Crippen MR) is 66.5 cm³/mol. The molecular formula is C12H15N3O3. The molecule has 1 amide bonds. The van der Waals surface area contributed by atoms with Crippen LogP contribution in [-0.4, -0.2) is 30.0 Å². The lowest BCUT2D eigenvalue weighted by Crippen LogP contribution is -2.45. The van der Waals surface area contributed by atoms with Gasteiger partial charge in [-0.15, -0.1) is 0 Å². The summed E-state index contributed by atoms with van der Waals surface area (Å²) >= 11 is 0. The van der Waals surface area contributed by atoms with Crippen molar-refractivity contribution in [3.8, 4) is 0 Å². The average Bonchev–Trinajstić information content (AvgIpc) is 2.40. The van der Waals surface area contributed by atoms with E-state index < -0.39 is 4.92 Å². The fourth-order valence-electron chi connectivity index (χ4n) is 2.00. The highest BCUT2D eigenvalue weighted by atomic mass is 16.6. The lowest BCUT2D eigenvalue weighted by atomic mass is 10.1. The summed E-state index contributed by atoms with van der Waals surface area (Å²) in [6.07, 6.45) is 1.97. The Hall–Kier alpha value is -1.95. The predicted octanol–water partition coefficient (Wildman–Crippen LogP) is 1.08. The number of amides is 1. The van der Waals surface area contributed by atoms with Gasteiger partial charge in [-0.1, -0.05) is 6.07 Å². The van der Waals surface area contributed by atoms with Crippen molar-refractivity contribution in [1.29, 1.82) is 0 Å². The van der Waals surface area contributed by atoms with E-state index in [-0.39, 0.29) is 17.6 Å². The van der Waals surface area contributed by atoms with Crippen LogP contribution >= 0.6 is 0 Å². The quantitative estimate of drug-likeness (QED) is 0.620. The summed E-state index contributed by atoms with van der Waals surface area (Å²) in [6.45, 7) is 1.73. The van der Waals surface area contributed by atoms with E-state index in [9.17, 15) is 14.9 Å². The second-order valence-electron chi connectivity index (χ2n) is 4.32. The normalized spacial score (nSPS) is 19.2. The third-order valence-corrected chi connectivity index (χ3v) is 2.95. The summed E-state index contributed by atoms with van der Waals surface area (Å²) in [5, 5.41) is 16.7. The first kappa shape index (κ1) is 12.5. The number of nitrogens with one attached hydrogen (secondary N) is 2. The van der Waals surface area contributed by atoms with E-state index in [1.54, 1.807) is 6.07 Å². The topological polar surface area (TPSA) is 84.3 Å². The summed E-state index contributed by atoms with van der Waals surface area (Å²) < 4.78 is 0. The smallest absolute Gasteiger partial charge is 0.270 e. The lowest BCUT2D eigenvalue weighted by Gasteiger charge is -2.23. The molecule has 2 rings (SSSR count). The standard InChI is InChI=1S/C12H15N3O3/c16-12(14-10-4-2-6-13-8-10)9-3-1-5-11(7-9)15(17)18/h1,3,5,7,10,13H,2,4,6,8H2,(H,14,16)/t10-/m1/s1. The minimum atomic E-state index is -0.501. The number of rotatable bonds is 3. The van der Waals surface area contributed by atoms with Gasteiger partial charge >= 0.3 is 0 Å². The molecule has 1 aromatic rings. The maximum Gasteiger partial charge on any atom is 0.270 e. The van der Waals surface area contributed by atoms with Crippen LogP contribution in [-0.2, 0) is 0 Å². The van der Waals surface area contributed by atoms with E-state index in [2.05, 4.69) is 10.6 Å². The number of carbonyl (C=O) groups excluding carboxylic acids is 1. The highest BCUT2D eigenvalue weighted by molar-refractivity contribution is 5.95. The Bertz CT molecular complexity index is 456. The second-order valence-corrected chi connectivity index (χ2v) is 4.32. The number of nitrogens with zero attached hydrogens (tertiary/aromatic N) is 1. The van der Waals surface area contributed by atoms with Crippen molar-refractivity contribution < 1.29 is 9.72 Å². The molecule has 0 aromatic heterocycles. The molecule has 1 heterocycles. The molecule has 96 valence electrons. The number of non-ortho nitro benzene ring substituents is 1. The van der Waals surface area contributed by atoms with Crippen LogP contribution in [0.1, 0.15) is 23.2 Å². The molecule has 0 spiro atoms. The van der Waals surface area contributed by atoms with E-state index in [0.29, 0.717) is 5.56 Å². The number of nitro benzene ring substituents is 1. The highest BCUT2D eigenvalue weighted by Crippen LogP contribution is 2.13. The van der Waals surface area contributed by atoms with Crippen LogP contribution in [0.3, 0.4) is 0 Å². The van der Waals surface area contributed by atoms with E-state index in [4.69, 9.17) is 0 Å². The first-order valence-electron chi connectivity index (χ1n) is 5.93. The monoisotopic (exact) mass is 249 g/mol. The first-order chi connectivity index (χ1) is 8.66. The molecule has 1 atom stereocenters. The Morgan fingerprint density at radius 2 is 2.33 bits per heavy atom. The molecule has 1 aliphatic rings. The van der Waals surface area contributed by atoms with Crippen molar-refractivity contribution in [1.82, 2.24) is 10.6 Å². The van der Waals surface area contributed by atoms with Crippen LogP contribution in [0.4, 0.5) is 5.69 Å². The zero-order chi connectivity index (χ0) is 13.0. The molecule has 1 fully saturated rings. The molecule has 1 saturated heterocycles. The fraction of sp³-hybridized carbons (Fsp3) is 0.417. The molecule has 18 heavy (non-hydrogen) atoms. The van der Waals surface area contributed by atoms with E-state index >= 15 is 0 Å². The van der Waals surface area contributed by atoms with Crippen molar-refractivity contribution in [2.24, 2.45) is 0 Å². The van der Waals surface area contributed by atoms with Crippen molar-refractivity contribution in [3.63, 3.8) is 0 Å². The van der Waals surface area contributed by atoms with E-state index in [1.165, 1.54) is 18.2 Å². The minimum Gasteiger partial charge on any atom is -0.348 e. The Labute approximate surface area is 105 Å². The van der Waals surface area contributed by atoms with Gasteiger partial charge in [0.15, 0.2) is 0 Å². The van der Waals surface area contributed by atoms with E-state index in [1.807, 2.05) is 0 Å².